The van der Waals surface area contributed by atoms with Crippen LogP contribution in [0.1, 0.15) is 18.5 Å². The first-order valence-corrected chi connectivity index (χ1v) is 5.20. The standard InChI is InChI=1S/C11H15ClFNO/c1-8(14-5-6-15-2)9-3-4-10(12)11(13)7-9/h3-4,7-8,14H,5-6H2,1-2H3. The van der Waals surface area contributed by atoms with Crippen LogP contribution in [0.5, 0.6) is 0 Å². The number of methoxy groups -OCH3 is 1. The summed E-state index contributed by atoms with van der Waals surface area (Å²) in [6.07, 6.45) is 0. The van der Waals surface area contributed by atoms with E-state index in [0.717, 1.165) is 12.1 Å². The molecular weight excluding hydrogens is 217 g/mol. The average Bonchev–Trinajstić information content (AvgIpc) is 2.22. The van der Waals surface area contributed by atoms with Gasteiger partial charge in [0, 0.05) is 19.7 Å². The highest BCUT2D eigenvalue weighted by Gasteiger charge is 2.07. The fourth-order valence-electron chi connectivity index (χ4n) is 1.28. The molecule has 0 aliphatic heterocycles. The molecule has 0 aliphatic rings. The topological polar surface area (TPSA) is 21.3 Å². The van der Waals surface area contributed by atoms with E-state index >= 15 is 0 Å². The van der Waals surface area contributed by atoms with Crippen LogP contribution in [0.3, 0.4) is 0 Å². The molecular formula is C11H15ClFNO. The van der Waals surface area contributed by atoms with E-state index in [9.17, 15) is 4.39 Å². The van der Waals surface area contributed by atoms with Crippen molar-refractivity contribution in [3.63, 3.8) is 0 Å². The third-order valence-corrected chi connectivity index (χ3v) is 2.51. The van der Waals surface area contributed by atoms with Crippen molar-refractivity contribution in [1.82, 2.24) is 5.32 Å². The van der Waals surface area contributed by atoms with Crippen molar-refractivity contribution in [1.29, 1.82) is 0 Å². The molecule has 1 aromatic carbocycles. The van der Waals surface area contributed by atoms with Gasteiger partial charge in [-0.1, -0.05) is 17.7 Å². The van der Waals surface area contributed by atoms with Gasteiger partial charge in [0.15, 0.2) is 0 Å². The number of benzene rings is 1. The van der Waals surface area contributed by atoms with Crippen molar-refractivity contribution in [2.75, 3.05) is 20.3 Å². The summed E-state index contributed by atoms with van der Waals surface area (Å²) < 4.78 is 18.1. The second kappa shape index (κ2) is 6.05. The Morgan fingerprint density at radius 1 is 1.53 bits per heavy atom. The maximum absolute atomic E-state index is 13.1. The molecule has 0 aliphatic carbocycles. The molecule has 0 radical (unpaired) electrons. The molecule has 1 unspecified atom stereocenters. The molecule has 0 saturated carbocycles. The fourth-order valence-corrected chi connectivity index (χ4v) is 1.39. The van der Waals surface area contributed by atoms with E-state index < -0.39 is 0 Å². The fraction of sp³-hybridized carbons (Fsp3) is 0.455. The van der Waals surface area contributed by atoms with Gasteiger partial charge in [-0.25, -0.2) is 4.39 Å². The quantitative estimate of drug-likeness (QED) is 0.787. The molecule has 15 heavy (non-hydrogen) atoms. The molecule has 1 atom stereocenters. The van der Waals surface area contributed by atoms with Crippen molar-refractivity contribution in [2.45, 2.75) is 13.0 Å². The van der Waals surface area contributed by atoms with Crippen LogP contribution >= 0.6 is 11.6 Å². The highest BCUT2D eigenvalue weighted by molar-refractivity contribution is 6.30. The van der Waals surface area contributed by atoms with Gasteiger partial charge >= 0.3 is 0 Å². The summed E-state index contributed by atoms with van der Waals surface area (Å²) >= 11 is 5.60. The van der Waals surface area contributed by atoms with Crippen molar-refractivity contribution < 1.29 is 9.13 Å². The van der Waals surface area contributed by atoms with Crippen LogP contribution in [0.25, 0.3) is 0 Å². The zero-order chi connectivity index (χ0) is 11.3. The Morgan fingerprint density at radius 2 is 2.27 bits per heavy atom. The lowest BCUT2D eigenvalue weighted by Gasteiger charge is -2.14. The zero-order valence-corrected chi connectivity index (χ0v) is 9.64. The molecule has 2 nitrogen and oxygen atoms in total. The predicted molar refractivity (Wildman–Crippen MR) is 59.7 cm³/mol. The van der Waals surface area contributed by atoms with E-state index in [1.165, 1.54) is 6.07 Å². The van der Waals surface area contributed by atoms with Gasteiger partial charge in [-0.05, 0) is 24.6 Å². The van der Waals surface area contributed by atoms with E-state index in [2.05, 4.69) is 5.32 Å². The van der Waals surface area contributed by atoms with Gasteiger partial charge in [-0.2, -0.15) is 0 Å². The molecule has 1 N–H and O–H groups in total. The number of halogens is 2. The summed E-state index contributed by atoms with van der Waals surface area (Å²) in [5, 5.41) is 3.37. The minimum atomic E-state index is -0.380. The summed E-state index contributed by atoms with van der Waals surface area (Å²) in [7, 11) is 1.65. The van der Waals surface area contributed by atoms with Gasteiger partial charge in [0.2, 0.25) is 0 Å². The molecule has 0 saturated heterocycles. The van der Waals surface area contributed by atoms with Crippen LogP contribution in [0.4, 0.5) is 4.39 Å². The molecule has 84 valence electrons. The largest absolute Gasteiger partial charge is 0.383 e. The SMILES string of the molecule is COCCNC(C)c1ccc(Cl)c(F)c1. The maximum atomic E-state index is 13.1. The lowest BCUT2D eigenvalue weighted by Crippen LogP contribution is -2.22. The summed E-state index contributed by atoms with van der Waals surface area (Å²) in [6, 6.07) is 4.93. The number of ether oxygens (including phenoxy) is 1. The number of hydrogen-bond donors (Lipinski definition) is 1. The highest BCUT2D eigenvalue weighted by Crippen LogP contribution is 2.19. The van der Waals surface area contributed by atoms with Gasteiger partial charge < -0.3 is 10.1 Å². The van der Waals surface area contributed by atoms with Crippen molar-refractivity contribution >= 4 is 11.6 Å². The van der Waals surface area contributed by atoms with Crippen molar-refractivity contribution in [2.24, 2.45) is 0 Å². The van der Waals surface area contributed by atoms with E-state index in [0.29, 0.717) is 6.61 Å². The van der Waals surface area contributed by atoms with E-state index in [1.807, 2.05) is 13.0 Å². The van der Waals surface area contributed by atoms with E-state index in [4.69, 9.17) is 16.3 Å². The molecule has 0 heterocycles. The first kappa shape index (κ1) is 12.4. The molecule has 0 bridgehead atoms. The lowest BCUT2D eigenvalue weighted by molar-refractivity contribution is 0.196. The third-order valence-electron chi connectivity index (χ3n) is 2.20. The van der Waals surface area contributed by atoms with Crippen LogP contribution in [0.2, 0.25) is 5.02 Å². The Kier molecular flexibility index (Phi) is 5.02. The summed E-state index contributed by atoms with van der Waals surface area (Å²) in [4.78, 5) is 0. The molecule has 0 fully saturated rings. The smallest absolute Gasteiger partial charge is 0.142 e. The number of hydrogen-bond acceptors (Lipinski definition) is 2. The molecule has 4 heteroatoms. The van der Waals surface area contributed by atoms with E-state index in [1.54, 1.807) is 13.2 Å². The highest BCUT2D eigenvalue weighted by atomic mass is 35.5. The second-order valence-corrected chi connectivity index (χ2v) is 3.75. The van der Waals surface area contributed by atoms with E-state index in [-0.39, 0.29) is 16.9 Å². The van der Waals surface area contributed by atoms with Gasteiger partial charge in [0.25, 0.3) is 0 Å². The normalized spacial score (nSPS) is 12.8. The number of rotatable bonds is 5. The molecule has 1 rings (SSSR count). The Morgan fingerprint density at radius 3 is 2.87 bits per heavy atom. The predicted octanol–water partition coefficient (Wildman–Crippen LogP) is 2.78. The van der Waals surface area contributed by atoms with Crippen LogP contribution in [-0.4, -0.2) is 20.3 Å². The Labute approximate surface area is 94.4 Å². The molecule has 0 amide bonds. The van der Waals surface area contributed by atoms with Gasteiger partial charge in [0.05, 0.1) is 11.6 Å². The monoisotopic (exact) mass is 231 g/mol. The first-order valence-electron chi connectivity index (χ1n) is 4.82. The maximum Gasteiger partial charge on any atom is 0.142 e. The van der Waals surface area contributed by atoms with Gasteiger partial charge in [-0.3, -0.25) is 0 Å². The third kappa shape index (κ3) is 3.78. The van der Waals surface area contributed by atoms with Crippen molar-refractivity contribution in [3.05, 3.63) is 34.6 Å². The zero-order valence-electron chi connectivity index (χ0n) is 8.89. The van der Waals surface area contributed by atoms with Gasteiger partial charge in [0.1, 0.15) is 5.82 Å². The molecule has 0 spiro atoms. The van der Waals surface area contributed by atoms with Crippen LogP contribution in [0.15, 0.2) is 18.2 Å². The molecule has 0 aromatic heterocycles. The van der Waals surface area contributed by atoms with Gasteiger partial charge in [-0.15, -0.1) is 0 Å². The van der Waals surface area contributed by atoms with Crippen molar-refractivity contribution in [3.8, 4) is 0 Å². The van der Waals surface area contributed by atoms with Crippen LogP contribution < -0.4 is 5.32 Å². The second-order valence-electron chi connectivity index (χ2n) is 3.34. The summed E-state index contributed by atoms with van der Waals surface area (Å²) in [5.74, 6) is -0.380. The Hall–Kier alpha value is -0.640. The lowest BCUT2D eigenvalue weighted by atomic mass is 10.1. The number of nitrogens with one attached hydrogen (secondary N) is 1. The summed E-state index contributed by atoms with van der Waals surface area (Å²) in [5.41, 5.74) is 0.882. The Balaban J connectivity index is 2.57. The summed E-state index contributed by atoms with van der Waals surface area (Å²) in [6.45, 7) is 3.35. The average molecular weight is 232 g/mol. The minimum absolute atomic E-state index is 0.0897. The minimum Gasteiger partial charge on any atom is -0.383 e. The van der Waals surface area contributed by atoms with Crippen LogP contribution in [-0.2, 0) is 4.74 Å². The Bertz CT molecular complexity index is 319. The first-order chi connectivity index (χ1) is 7.15. The molecule has 1 aromatic rings. The van der Waals surface area contributed by atoms with Crippen LogP contribution in [0, 0.1) is 5.82 Å².